The summed E-state index contributed by atoms with van der Waals surface area (Å²) in [5.74, 6) is 0.267. The van der Waals surface area contributed by atoms with E-state index in [1.165, 1.54) is 24.3 Å². The molecule has 1 amide bonds. The molecule has 0 radical (unpaired) electrons. The van der Waals surface area contributed by atoms with Crippen molar-refractivity contribution >= 4 is 22.6 Å². The largest absolute Gasteiger partial charge is 0.305 e. The first-order chi connectivity index (χ1) is 11.1. The summed E-state index contributed by atoms with van der Waals surface area (Å²) in [5, 5.41) is 10.8. The minimum Gasteiger partial charge on any atom is -0.305 e. The third-order valence-corrected chi connectivity index (χ3v) is 4.01. The molecule has 0 saturated heterocycles. The van der Waals surface area contributed by atoms with Gasteiger partial charge in [0.2, 0.25) is 0 Å². The Morgan fingerprint density at radius 3 is 2.74 bits per heavy atom. The Bertz CT molecular complexity index is 897. The smallest absolute Gasteiger partial charge is 0.256 e. The Balaban J connectivity index is 1.69. The van der Waals surface area contributed by atoms with Gasteiger partial charge in [-0.2, -0.15) is 5.10 Å². The zero-order valence-electron chi connectivity index (χ0n) is 12.6. The van der Waals surface area contributed by atoms with E-state index in [-0.39, 0.29) is 11.7 Å². The number of halogens is 1. The van der Waals surface area contributed by atoms with Crippen molar-refractivity contribution in [2.24, 2.45) is 0 Å². The number of nitrogens with zero attached hydrogens (tertiary/aromatic N) is 2. The topological polar surface area (TPSA) is 70.7 Å². The fraction of sp³-hybridized carbons (Fsp3) is 0.235. The Morgan fingerprint density at radius 2 is 2.04 bits per heavy atom. The van der Waals surface area contributed by atoms with Crippen LogP contribution < -0.4 is 5.32 Å². The highest BCUT2D eigenvalue weighted by atomic mass is 19.1. The first-order valence-electron chi connectivity index (χ1n) is 7.54. The number of amides is 1. The van der Waals surface area contributed by atoms with E-state index in [2.05, 4.69) is 20.5 Å². The van der Waals surface area contributed by atoms with Gasteiger partial charge in [-0.3, -0.25) is 14.9 Å². The highest BCUT2D eigenvalue weighted by molar-refractivity contribution is 6.08. The molecule has 0 bridgehead atoms. The van der Waals surface area contributed by atoms with Gasteiger partial charge in [0.05, 0.1) is 11.2 Å². The van der Waals surface area contributed by atoms with Crippen molar-refractivity contribution < 1.29 is 9.18 Å². The molecule has 3 aromatic rings. The Morgan fingerprint density at radius 1 is 1.30 bits per heavy atom. The lowest BCUT2D eigenvalue weighted by Crippen LogP contribution is -2.12. The fourth-order valence-corrected chi connectivity index (χ4v) is 2.70. The van der Waals surface area contributed by atoms with Gasteiger partial charge in [-0.05, 0) is 50.1 Å². The average Bonchev–Trinajstić information content (AvgIpc) is 3.30. The molecule has 4 rings (SSSR count). The number of fused-ring (bicyclic) bond motifs is 1. The summed E-state index contributed by atoms with van der Waals surface area (Å²) in [7, 11) is 0. The van der Waals surface area contributed by atoms with Crippen molar-refractivity contribution in [3.05, 3.63) is 53.1 Å². The highest BCUT2D eigenvalue weighted by Gasteiger charge is 2.28. The number of hydrogen-bond acceptors (Lipinski definition) is 3. The molecule has 2 heterocycles. The van der Waals surface area contributed by atoms with Gasteiger partial charge in [0.1, 0.15) is 5.82 Å². The number of carbonyl (C=O) groups is 1. The minimum absolute atomic E-state index is 0.319. The van der Waals surface area contributed by atoms with E-state index in [0.29, 0.717) is 17.3 Å². The van der Waals surface area contributed by atoms with Crippen molar-refractivity contribution in [3.8, 4) is 0 Å². The number of anilines is 1. The third-order valence-electron chi connectivity index (χ3n) is 4.01. The molecular formula is C17H15FN4O. The molecule has 6 heteroatoms. The Hall–Kier alpha value is -2.76. The van der Waals surface area contributed by atoms with Crippen LogP contribution in [-0.2, 0) is 0 Å². The summed E-state index contributed by atoms with van der Waals surface area (Å²) in [6.45, 7) is 1.93. The molecule has 2 aromatic heterocycles. The van der Waals surface area contributed by atoms with Crippen molar-refractivity contribution in [2.45, 2.75) is 25.7 Å². The standard InChI is InChI=1S/C17H15FN4O/c1-9-8-13-15(14(19-9)10-2-3-10)21-22-16(13)20-17(23)11-4-6-12(18)7-5-11/h4-8,10H,2-3H2,1H3,(H2,20,21,22,23). The highest BCUT2D eigenvalue weighted by Crippen LogP contribution is 2.42. The van der Waals surface area contributed by atoms with Crippen molar-refractivity contribution in [1.29, 1.82) is 0 Å². The minimum atomic E-state index is -0.373. The first kappa shape index (κ1) is 13.9. The van der Waals surface area contributed by atoms with Gasteiger partial charge in [0.15, 0.2) is 5.82 Å². The van der Waals surface area contributed by atoms with Gasteiger partial charge >= 0.3 is 0 Å². The van der Waals surface area contributed by atoms with Crippen LogP contribution in [0.5, 0.6) is 0 Å². The van der Waals surface area contributed by atoms with Gasteiger partial charge in [-0.15, -0.1) is 0 Å². The zero-order chi connectivity index (χ0) is 16.0. The lowest BCUT2D eigenvalue weighted by atomic mass is 10.1. The third kappa shape index (κ3) is 2.56. The number of nitrogens with one attached hydrogen (secondary N) is 2. The van der Waals surface area contributed by atoms with Crippen LogP contribution in [0.3, 0.4) is 0 Å². The lowest BCUT2D eigenvalue weighted by Gasteiger charge is -2.05. The summed E-state index contributed by atoms with van der Waals surface area (Å²) in [4.78, 5) is 16.9. The van der Waals surface area contributed by atoms with Crippen LogP contribution in [0.25, 0.3) is 10.9 Å². The second kappa shape index (κ2) is 5.15. The molecule has 23 heavy (non-hydrogen) atoms. The van der Waals surface area contributed by atoms with E-state index in [4.69, 9.17) is 0 Å². The maximum atomic E-state index is 13.0. The van der Waals surface area contributed by atoms with Crippen LogP contribution in [0.1, 0.15) is 40.5 Å². The molecule has 1 aliphatic rings. The number of aromatic amines is 1. The summed E-state index contributed by atoms with van der Waals surface area (Å²) >= 11 is 0. The van der Waals surface area contributed by atoms with E-state index in [9.17, 15) is 9.18 Å². The molecular weight excluding hydrogens is 295 g/mol. The number of H-pyrrole nitrogens is 1. The molecule has 1 aromatic carbocycles. The maximum absolute atomic E-state index is 13.0. The quantitative estimate of drug-likeness (QED) is 0.777. The van der Waals surface area contributed by atoms with Crippen LogP contribution in [-0.4, -0.2) is 21.1 Å². The van der Waals surface area contributed by atoms with Gasteiger partial charge in [-0.25, -0.2) is 4.39 Å². The van der Waals surface area contributed by atoms with Crippen LogP contribution in [0.4, 0.5) is 10.2 Å². The summed E-state index contributed by atoms with van der Waals surface area (Å²) in [6.07, 6.45) is 2.28. The summed E-state index contributed by atoms with van der Waals surface area (Å²) in [5.41, 5.74) is 3.19. The van der Waals surface area contributed by atoms with Crippen molar-refractivity contribution in [2.75, 3.05) is 5.32 Å². The molecule has 0 unspecified atom stereocenters. The molecule has 0 aliphatic heterocycles. The van der Waals surface area contributed by atoms with Crippen LogP contribution in [0, 0.1) is 12.7 Å². The van der Waals surface area contributed by atoms with E-state index >= 15 is 0 Å². The van der Waals surface area contributed by atoms with Gasteiger partial charge in [0.25, 0.3) is 5.91 Å². The molecule has 0 atom stereocenters. The molecule has 2 N–H and O–H groups in total. The Labute approximate surface area is 131 Å². The van der Waals surface area contributed by atoms with Crippen LogP contribution >= 0.6 is 0 Å². The van der Waals surface area contributed by atoms with Gasteiger partial charge in [0, 0.05) is 22.6 Å². The second-order valence-electron chi connectivity index (χ2n) is 5.88. The first-order valence-corrected chi connectivity index (χ1v) is 7.54. The zero-order valence-corrected chi connectivity index (χ0v) is 12.6. The predicted octanol–water partition coefficient (Wildman–Crippen LogP) is 3.54. The SMILES string of the molecule is Cc1cc2c(NC(=O)c3ccc(F)cc3)n[nH]c2c(C2CC2)n1. The lowest BCUT2D eigenvalue weighted by molar-refractivity contribution is 0.102. The molecule has 0 spiro atoms. The molecule has 116 valence electrons. The Kier molecular flexibility index (Phi) is 3.11. The summed E-state index contributed by atoms with van der Waals surface area (Å²) in [6, 6.07) is 7.32. The molecule has 1 aliphatic carbocycles. The van der Waals surface area contributed by atoms with E-state index in [1.54, 1.807) is 0 Å². The van der Waals surface area contributed by atoms with E-state index < -0.39 is 0 Å². The monoisotopic (exact) mass is 310 g/mol. The fourth-order valence-electron chi connectivity index (χ4n) is 2.70. The number of aryl methyl sites for hydroxylation is 1. The normalized spacial score (nSPS) is 14.2. The van der Waals surface area contributed by atoms with E-state index in [0.717, 1.165) is 35.1 Å². The van der Waals surface area contributed by atoms with Crippen LogP contribution in [0.15, 0.2) is 30.3 Å². The number of rotatable bonds is 3. The maximum Gasteiger partial charge on any atom is 0.256 e. The number of benzene rings is 1. The van der Waals surface area contributed by atoms with Gasteiger partial charge < -0.3 is 5.32 Å². The van der Waals surface area contributed by atoms with Gasteiger partial charge in [-0.1, -0.05) is 0 Å². The molecule has 5 nitrogen and oxygen atoms in total. The summed E-state index contributed by atoms with van der Waals surface area (Å²) < 4.78 is 13.0. The number of hydrogen-bond donors (Lipinski definition) is 2. The predicted molar refractivity (Wildman–Crippen MR) is 85.0 cm³/mol. The molecule has 1 saturated carbocycles. The molecule has 1 fully saturated rings. The van der Waals surface area contributed by atoms with Crippen molar-refractivity contribution in [1.82, 2.24) is 15.2 Å². The second-order valence-corrected chi connectivity index (χ2v) is 5.88. The number of aromatic nitrogens is 3. The van der Waals surface area contributed by atoms with Crippen molar-refractivity contribution in [3.63, 3.8) is 0 Å². The number of pyridine rings is 1. The van der Waals surface area contributed by atoms with Crippen LogP contribution in [0.2, 0.25) is 0 Å². The van der Waals surface area contributed by atoms with E-state index in [1.807, 2.05) is 13.0 Å². The average molecular weight is 310 g/mol. The number of carbonyl (C=O) groups excluding carboxylic acids is 1.